The van der Waals surface area contributed by atoms with E-state index in [1.165, 1.54) is 11.1 Å². The van der Waals surface area contributed by atoms with Gasteiger partial charge in [-0.1, -0.05) is 55.8 Å². The van der Waals surface area contributed by atoms with E-state index in [-0.39, 0.29) is 24.2 Å². The summed E-state index contributed by atoms with van der Waals surface area (Å²) in [6, 6.07) is 14.4. The molecule has 0 spiro atoms. The summed E-state index contributed by atoms with van der Waals surface area (Å²) in [6.07, 6.45) is -0.101. The number of ether oxygens (including phenoxy) is 1. The van der Waals surface area contributed by atoms with Crippen molar-refractivity contribution in [2.24, 2.45) is 0 Å². The molecule has 170 valence electrons. The molecule has 2 aromatic carbocycles. The van der Waals surface area contributed by atoms with E-state index in [4.69, 9.17) is 4.74 Å². The van der Waals surface area contributed by atoms with Gasteiger partial charge in [-0.15, -0.1) is 0 Å². The smallest absolute Gasteiger partial charge is 0.151 e. The van der Waals surface area contributed by atoms with Crippen LogP contribution in [0.4, 0.5) is 0 Å². The summed E-state index contributed by atoms with van der Waals surface area (Å²) in [6.45, 7) is 9.51. The lowest BCUT2D eigenvalue weighted by Crippen LogP contribution is -2.42. The molecule has 0 aromatic heterocycles. The highest BCUT2D eigenvalue weighted by molar-refractivity contribution is 7.91. The Kier molecular flexibility index (Phi) is 7.78. The van der Waals surface area contributed by atoms with Crippen LogP contribution in [0.25, 0.3) is 0 Å². The van der Waals surface area contributed by atoms with Crippen molar-refractivity contribution in [1.29, 1.82) is 0 Å². The van der Waals surface area contributed by atoms with Gasteiger partial charge in [0.15, 0.2) is 9.84 Å². The lowest BCUT2D eigenvalue weighted by Gasteiger charge is -2.30. The lowest BCUT2D eigenvalue weighted by molar-refractivity contribution is 0.0523. The standard InChI is InChI=1S/C25H35NO4S/c1-18(2)22-8-6-21(7-9-22)14-26(23-11-12-31(28,29)17-23)15-24(27)16-30-25-10-5-19(3)13-20(25)4/h5-10,13,18,23-24,27H,11-12,14-17H2,1-4H3. The first kappa shape index (κ1) is 23.8. The number of benzene rings is 2. The van der Waals surface area contributed by atoms with Crippen LogP contribution in [0.15, 0.2) is 42.5 Å². The summed E-state index contributed by atoms with van der Waals surface area (Å²) in [5.74, 6) is 1.61. The maximum Gasteiger partial charge on any atom is 0.151 e. The molecule has 1 aliphatic heterocycles. The number of sulfone groups is 1. The van der Waals surface area contributed by atoms with Crippen LogP contribution in [-0.4, -0.2) is 55.2 Å². The minimum absolute atomic E-state index is 0.0782. The second kappa shape index (κ2) is 10.2. The van der Waals surface area contributed by atoms with Crippen LogP contribution in [-0.2, 0) is 16.4 Å². The molecule has 3 rings (SSSR count). The summed E-state index contributed by atoms with van der Waals surface area (Å²) >= 11 is 0. The van der Waals surface area contributed by atoms with E-state index in [1.54, 1.807) is 0 Å². The van der Waals surface area contributed by atoms with Crippen molar-refractivity contribution in [3.8, 4) is 5.75 Å². The molecule has 31 heavy (non-hydrogen) atoms. The molecule has 1 heterocycles. The number of nitrogens with zero attached hydrogens (tertiary/aromatic N) is 1. The van der Waals surface area contributed by atoms with Gasteiger partial charge < -0.3 is 9.84 Å². The van der Waals surface area contributed by atoms with Crippen molar-refractivity contribution in [3.05, 3.63) is 64.7 Å². The van der Waals surface area contributed by atoms with Crippen molar-refractivity contribution in [1.82, 2.24) is 4.90 Å². The van der Waals surface area contributed by atoms with Crippen LogP contribution in [0, 0.1) is 13.8 Å². The lowest BCUT2D eigenvalue weighted by atomic mass is 10.0. The van der Waals surface area contributed by atoms with Gasteiger partial charge >= 0.3 is 0 Å². The quantitative estimate of drug-likeness (QED) is 0.635. The van der Waals surface area contributed by atoms with Gasteiger partial charge in [-0.3, -0.25) is 4.90 Å². The van der Waals surface area contributed by atoms with Crippen LogP contribution in [0.1, 0.15) is 48.4 Å². The van der Waals surface area contributed by atoms with Crippen LogP contribution in [0.2, 0.25) is 0 Å². The Morgan fingerprint density at radius 2 is 1.84 bits per heavy atom. The Morgan fingerprint density at radius 3 is 2.42 bits per heavy atom. The number of hydrogen-bond acceptors (Lipinski definition) is 5. The summed E-state index contributed by atoms with van der Waals surface area (Å²) in [5.41, 5.74) is 4.61. The predicted octanol–water partition coefficient (Wildman–Crippen LogP) is 3.86. The van der Waals surface area contributed by atoms with Crippen LogP contribution in [0.5, 0.6) is 5.75 Å². The molecule has 5 nitrogen and oxygen atoms in total. The molecular formula is C25H35NO4S. The minimum Gasteiger partial charge on any atom is -0.491 e. The first-order valence-corrected chi connectivity index (χ1v) is 12.9. The molecule has 1 aliphatic rings. The topological polar surface area (TPSA) is 66.8 Å². The molecule has 0 bridgehead atoms. The maximum absolute atomic E-state index is 12.1. The zero-order valence-electron chi connectivity index (χ0n) is 19.0. The first-order chi connectivity index (χ1) is 14.6. The van der Waals surface area contributed by atoms with Gasteiger partial charge in [0.2, 0.25) is 0 Å². The van der Waals surface area contributed by atoms with Crippen molar-refractivity contribution in [3.63, 3.8) is 0 Å². The molecule has 1 fully saturated rings. The molecule has 0 saturated carbocycles. The van der Waals surface area contributed by atoms with E-state index in [1.807, 2.05) is 26.0 Å². The van der Waals surface area contributed by atoms with Gasteiger partial charge in [-0.2, -0.15) is 0 Å². The van der Waals surface area contributed by atoms with Gasteiger partial charge in [-0.25, -0.2) is 8.42 Å². The molecule has 1 saturated heterocycles. The average Bonchev–Trinajstić information content (AvgIpc) is 3.07. The summed E-state index contributed by atoms with van der Waals surface area (Å²) in [4.78, 5) is 2.10. The Bertz CT molecular complexity index is 970. The molecule has 0 amide bonds. The fraction of sp³-hybridized carbons (Fsp3) is 0.520. The second-order valence-electron chi connectivity index (χ2n) is 9.12. The highest BCUT2D eigenvalue weighted by Gasteiger charge is 2.33. The van der Waals surface area contributed by atoms with E-state index >= 15 is 0 Å². The highest BCUT2D eigenvalue weighted by Crippen LogP contribution is 2.23. The fourth-order valence-corrected chi connectivity index (χ4v) is 5.88. The monoisotopic (exact) mass is 445 g/mol. The molecule has 1 N–H and O–H groups in total. The SMILES string of the molecule is Cc1ccc(OCC(O)CN(Cc2ccc(C(C)C)cc2)C2CCS(=O)(=O)C2)c(C)c1. The van der Waals surface area contributed by atoms with E-state index in [9.17, 15) is 13.5 Å². The zero-order valence-corrected chi connectivity index (χ0v) is 19.9. The summed E-state index contributed by atoms with van der Waals surface area (Å²) in [7, 11) is -3.01. The number of aliphatic hydroxyl groups excluding tert-OH is 1. The zero-order chi connectivity index (χ0) is 22.6. The highest BCUT2D eigenvalue weighted by atomic mass is 32.2. The molecule has 2 unspecified atom stereocenters. The van der Waals surface area contributed by atoms with E-state index in [0.29, 0.717) is 25.4 Å². The Hall–Kier alpha value is -1.89. The third-order valence-electron chi connectivity index (χ3n) is 5.96. The third-order valence-corrected chi connectivity index (χ3v) is 7.71. The molecule has 2 aromatic rings. The number of aliphatic hydroxyl groups is 1. The van der Waals surface area contributed by atoms with Crippen molar-refractivity contribution >= 4 is 9.84 Å². The van der Waals surface area contributed by atoms with Gasteiger partial charge in [0.25, 0.3) is 0 Å². The average molecular weight is 446 g/mol. The second-order valence-corrected chi connectivity index (χ2v) is 11.3. The number of rotatable bonds is 9. The molecular weight excluding hydrogens is 410 g/mol. The normalized spacial score (nSPS) is 19.1. The molecule has 0 aliphatic carbocycles. The summed E-state index contributed by atoms with van der Waals surface area (Å²) < 4.78 is 30.0. The van der Waals surface area contributed by atoms with Crippen molar-refractivity contribution in [2.75, 3.05) is 24.7 Å². The Labute approximate surface area is 187 Å². The van der Waals surface area contributed by atoms with E-state index < -0.39 is 15.9 Å². The number of aryl methyl sites for hydroxylation is 2. The van der Waals surface area contributed by atoms with Gasteiger partial charge in [0.05, 0.1) is 11.5 Å². The van der Waals surface area contributed by atoms with Gasteiger partial charge in [0.1, 0.15) is 18.5 Å². The fourth-order valence-electron chi connectivity index (χ4n) is 4.12. The number of hydrogen-bond donors (Lipinski definition) is 1. The third kappa shape index (κ3) is 6.79. The van der Waals surface area contributed by atoms with Crippen LogP contribution < -0.4 is 4.74 Å². The van der Waals surface area contributed by atoms with Crippen molar-refractivity contribution < 1.29 is 18.3 Å². The Balaban J connectivity index is 1.67. The molecule has 2 atom stereocenters. The van der Waals surface area contributed by atoms with Gasteiger partial charge in [0, 0.05) is 19.1 Å². The minimum atomic E-state index is -3.01. The molecule has 0 radical (unpaired) electrons. The first-order valence-electron chi connectivity index (χ1n) is 11.0. The van der Waals surface area contributed by atoms with Crippen LogP contribution >= 0.6 is 0 Å². The van der Waals surface area contributed by atoms with E-state index in [0.717, 1.165) is 16.9 Å². The molecule has 6 heteroatoms. The van der Waals surface area contributed by atoms with Crippen molar-refractivity contribution in [2.45, 2.75) is 58.7 Å². The summed E-state index contributed by atoms with van der Waals surface area (Å²) in [5, 5.41) is 10.7. The van der Waals surface area contributed by atoms with Gasteiger partial charge in [-0.05, 0) is 48.9 Å². The van der Waals surface area contributed by atoms with Crippen LogP contribution in [0.3, 0.4) is 0 Å². The Morgan fingerprint density at radius 1 is 1.13 bits per heavy atom. The predicted molar refractivity (Wildman–Crippen MR) is 125 cm³/mol. The van der Waals surface area contributed by atoms with E-state index in [2.05, 4.69) is 49.1 Å². The maximum atomic E-state index is 12.1. The largest absolute Gasteiger partial charge is 0.491 e.